The average molecular weight is 189 g/mol. The molecule has 1 heterocycles. The van der Waals surface area contributed by atoms with Crippen LogP contribution in [0.1, 0.15) is 18.9 Å². The zero-order valence-corrected chi connectivity index (χ0v) is 8.33. The minimum atomic E-state index is -0.685. The minimum absolute atomic E-state index is 0.685. The van der Waals surface area contributed by atoms with Crippen molar-refractivity contribution in [1.82, 2.24) is 5.32 Å². The van der Waals surface area contributed by atoms with Gasteiger partial charge in [0.05, 0.1) is 0 Å². The fourth-order valence-corrected chi connectivity index (χ4v) is 1.69. The van der Waals surface area contributed by atoms with Crippen LogP contribution in [0.25, 0.3) is 6.08 Å². The van der Waals surface area contributed by atoms with E-state index in [-0.39, 0.29) is 0 Å². The van der Waals surface area contributed by atoms with E-state index in [1.54, 1.807) is 0 Å². The summed E-state index contributed by atoms with van der Waals surface area (Å²) in [6.07, 6.45) is 2.79. The lowest BCUT2D eigenvalue weighted by Crippen LogP contribution is -2.24. The summed E-state index contributed by atoms with van der Waals surface area (Å²) in [6.45, 7) is 2.70. The van der Waals surface area contributed by atoms with Crippen LogP contribution in [0.5, 0.6) is 0 Å². The first-order valence-electron chi connectivity index (χ1n) is 4.92. The van der Waals surface area contributed by atoms with E-state index in [0.29, 0.717) is 0 Å². The second-order valence-electron chi connectivity index (χ2n) is 3.92. The molecule has 1 aliphatic rings. The van der Waals surface area contributed by atoms with E-state index in [1.807, 2.05) is 43.3 Å². The molecule has 14 heavy (non-hydrogen) atoms. The Morgan fingerprint density at radius 3 is 2.64 bits per heavy atom. The van der Waals surface area contributed by atoms with Crippen LogP contribution in [0.3, 0.4) is 0 Å². The Labute approximate surface area is 84.3 Å². The third-order valence-electron chi connectivity index (χ3n) is 2.62. The summed E-state index contributed by atoms with van der Waals surface area (Å²) in [7, 11) is 0. The summed E-state index contributed by atoms with van der Waals surface area (Å²) >= 11 is 0. The third kappa shape index (κ3) is 1.80. The molecule has 1 fully saturated rings. The van der Waals surface area contributed by atoms with Crippen LogP contribution in [0, 0.1) is 0 Å². The molecular formula is C12H15NO. The molecule has 0 radical (unpaired) electrons. The van der Waals surface area contributed by atoms with Gasteiger partial charge in [-0.3, -0.25) is 0 Å². The quantitative estimate of drug-likeness (QED) is 0.705. The molecule has 1 atom stereocenters. The predicted octanol–water partition coefficient (Wildman–Crippen LogP) is 1.77. The van der Waals surface area contributed by atoms with Crippen LogP contribution < -0.4 is 5.32 Å². The van der Waals surface area contributed by atoms with E-state index >= 15 is 0 Å². The van der Waals surface area contributed by atoms with Gasteiger partial charge < -0.3 is 10.4 Å². The highest BCUT2D eigenvalue weighted by molar-refractivity contribution is 5.54. The highest BCUT2D eigenvalue weighted by atomic mass is 16.3. The monoisotopic (exact) mass is 189 g/mol. The summed E-state index contributed by atoms with van der Waals surface area (Å²) in [5, 5.41) is 13.2. The van der Waals surface area contributed by atoms with Crippen LogP contribution in [0.4, 0.5) is 0 Å². The molecule has 2 heteroatoms. The van der Waals surface area contributed by atoms with E-state index < -0.39 is 5.60 Å². The Balaban J connectivity index is 2.27. The van der Waals surface area contributed by atoms with Gasteiger partial charge in [0.1, 0.15) is 5.60 Å². The molecule has 1 unspecified atom stereocenters. The summed E-state index contributed by atoms with van der Waals surface area (Å²) < 4.78 is 0. The van der Waals surface area contributed by atoms with E-state index in [1.165, 1.54) is 0 Å². The van der Waals surface area contributed by atoms with Crippen molar-refractivity contribution in [2.24, 2.45) is 0 Å². The van der Waals surface area contributed by atoms with Crippen LogP contribution >= 0.6 is 0 Å². The van der Waals surface area contributed by atoms with Crippen molar-refractivity contribution in [3.05, 3.63) is 41.6 Å². The Kier molecular flexibility index (Phi) is 2.30. The molecule has 0 bridgehead atoms. The zero-order chi connectivity index (χ0) is 10.0. The van der Waals surface area contributed by atoms with Crippen molar-refractivity contribution in [3.8, 4) is 0 Å². The molecule has 1 aromatic rings. The summed E-state index contributed by atoms with van der Waals surface area (Å²) in [5.74, 6) is 0. The first kappa shape index (κ1) is 9.28. The van der Waals surface area contributed by atoms with E-state index in [4.69, 9.17) is 0 Å². The summed E-state index contributed by atoms with van der Waals surface area (Å²) in [4.78, 5) is 0. The van der Waals surface area contributed by atoms with Gasteiger partial charge in [0.25, 0.3) is 0 Å². The summed E-state index contributed by atoms with van der Waals surface area (Å²) in [6, 6.07) is 10.0. The fraction of sp³-hybridized carbons (Fsp3) is 0.333. The average Bonchev–Trinajstić information content (AvgIpc) is 2.48. The summed E-state index contributed by atoms with van der Waals surface area (Å²) in [5.41, 5.74) is 1.36. The Morgan fingerprint density at radius 2 is 2.07 bits per heavy atom. The van der Waals surface area contributed by atoms with Crippen LogP contribution in [-0.2, 0) is 0 Å². The maximum atomic E-state index is 9.98. The van der Waals surface area contributed by atoms with Crippen LogP contribution in [-0.4, -0.2) is 17.3 Å². The maximum absolute atomic E-state index is 9.98. The Morgan fingerprint density at radius 1 is 1.36 bits per heavy atom. The lowest BCUT2D eigenvalue weighted by molar-refractivity contribution is 0.108. The lowest BCUT2D eigenvalue weighted by Gasteiger charge is -2.16. The van der Waals surface area contributed by atoms with Gasteiger partial charge >= 0.3 is 0 Å². The standard InChI is InChI=1S/C12H15NO/c1-12(14)7-8-13-11(12)9-10-5-3-2-4-6-10/h2-6,9,13-14H,7-8H2,1H3. The molecular weight excluding hydrogens is 174 g/mol. The molecule has 0 saturated carbocycles. The number of rotatable bonds is 1. The highest BCUT2D eigenvalue weighted by Gasteiger charge is 2.30. The van der Waals surface area contributed by atoms with Crippen molar-refractivity contribution in [3.63, 3.8) is 0 Å². The molecule has 1 aliphatic heterocycles. The third-order valence-corrected chi connectivity index (χ3v) is 2.62. The molecule has 1 aromatic carbocycles. The number of benzene rings is 1. The van der Waals surface area contributed by atoms with Crippen LogP contribution in [0.2, 0.25) is 0 Å². The van der Waals surface area contributed by atoms with E-state index in [0.717, 1.165) is 24.2 Å². The van der Waals surface area contributed by atoms with E-state index in [2.05, 4.69) is 5.32 Å². The predicted molar refractivity (Wildman–Crippen MR) is 57.7 cm³/mol. The Bertz CT molecular complexity index is 341. The van der Waals surface area contributed by atoms with Gasteiger partial charge in [-0.25, -0.2) is 0 Å². The number of hydrogen-bond acceptors (Lipinski definition) is 2. The van der Waals surface area contributed by atoms with Crippen molar-refractivity contribution in [1.29, 1.82) is 0 Å². The molecule has 0 aromatic heterocycles. The van der Waals surface area contributed by atoms with Gasteiger partial charge in [0.15, 0.2) is 0 Å². The molecule has 2 rings (SSSR count). The van der Waals surface area contributed by atoms with Gasteiger partial charge in [-0.2, -0.15) is 0 Å². The molecule has 2 nitrogen and oxygen atoms in total. The largest absolute Gasteiger partial charge is 0.386 e. The normalized spacial score (nSPS) is 29.1. The molecule has 0 spiro atoms. The van der Waals surface area contributed by atoms with Gasteiger partial charge in [-0.15, -0.1) is 0 Å². The van der Waals surface area contributed by atoms with Gasteiger partial charge in [-0.1, -0.05) is 30.3 Å². The lowest BCUT2D eigenvalue weighted by atomic mass is 10.0. The smallest absolute Gasteiger partial charge is 0.103 e. The maximum Gasteiger partial charge on any atom is 0.103 e. The number of nitrogens with one attached hydrogen (secondary N) is 1. The number of aliphatic hydroxyl groups is 1. The minimum Gasteiger partial charge on any atom is -0.386 e. The second-order valence-corrected chi connectivity index (χ2v) is 3.92. The van der Waals surface area contributed by atoms with Crippen molar-refractivity contribution < 1.29 is 5.11 Å². The molecule has 1 saturated heterocycles. The van der Waals surface area contributed by atoms with Gasteiger partial charge in [0.2, 0.25) is 0 Å². The molecule has 74 valence electrons. The fourth-order valence-electron chi connectivity index (χ4n) is 1.69. The van der Waals surface area contributed by atoms with Gasteiger partial charge in [-0.05, 0) is 25.0 Å². The van der Waals surface area contributed by atoms with Crippen molar-refractivity contribution in [2.75, 3.05) is 6.54 Å². The van der Waals surface area contributed by atoms with Gasteiger partial charge in [0, 0.05) is 12.2 Å². The number of hydrogen-bond donors (Lipinski definition) is 2. The highest BCUT2D eigenvalue weighted by Crippen LogP contribution is 2.25. The SMILES string of the molecule is CC1(O)CCNC1=Cc1ccccc1. The second kappa shape index (κ2) is 3.46. The van der Waals surface area contributed by atoms with Crippen molar-refractivity contribution in [2.45, 2.75) is 18.9 Å². The Hall–Kier alpha value is -1.28. The first-order valence-corrected chi connectivity index (χ1v) is 4.92. The molecule has 0 amide bonds. The molecule has 0 aliphatic carbocycles. The topological polar surface area (TPSA) is 32.3 Å². The first-order chi connectivity index (χ1) is 6.68. The van der Waals surface area contributed by atoms with Crippen molar-refractivity contribution >= 4 is 6.08 Å². The van der Waals surface area contributed by atoms with Crippen LogP contribution in [0.15, 0.2) is 36.0 Å². The van der Waals surface area contributed by atoms with E-state index in [9.17, 15) is 5.11 Å². The molecule has 2 N–H and O–H groups in total. The zero-order valence-electron chi connectivity index (χ0n) is 8.33.